The van der Waals surface area contributed by atoms with Gasteiger partial charge in [0.1, 0.15) is 0 Å². The summed E-state index contributed by atoms with van der Waals surface area (Å²) in [5.74, 6) is 0.325. The van der Waals surface area contributed by atoms with E-state index in [1.165, 1.54) is 5.69 Å². The first-order valence-corrected chi connectivity index (χ1v) is 10.7. The highest BCUT2D eigenvalue weighted by atomic mass is 16.2. The average molecular weight is 412 g/mol. The summed E-state index contributed by atoms with van der Waals surface area (Å²) in [5, 5.41) is 7.36. The lowest BCUT2D eigenvalue weighted by atomic mass is 10.1. The highest BCUT2D eigenvalue weighted by Crippen LogP contribution is 2.16. The Labute approximate surface area is 179 Å². The van der Waals surface area contributed by atoms with Gasteiger partial charge in [0.05, 0.1) is 18.7 Å². The van der Waals surface area contributed by atoms with Crippen LogP contribution >= 0.6 is 0 Å². The summed E-state index contributed by atoms with van der Waals surface area (Å²) in [6, 6.07) is 10.2. The predicted octanol–water partition coefficient (Wildman–Crippen LogP) is 2.16. The Kier molecular flexibility index (Phi) is 7.13. The quantitative estimate of drug-likeness (QED) is 0.758. The van der Waals surface area contributed by atoms with E-state index in [2.05, 4.69) is 41.3 Å². The van der Waals surface area contributed by atoms with Crippen molar-refractivity contribution < 1.29 is 9.59 Å². The van der Waals surface area contributed by atoms with Gasteiger partial charge >= 0.3 is 0 Å². The number of anilines is 1. The molecular formula is C23H33N5O2. The van der Waals surface area contributed by atoms with E-state index in [4.69, 9.17) is 0 Å². The average Bonchev–Trinajstić information content (AvgIpc) is 2.99. The summed E-state index contributed by atoms with van der Waals surface area (Å²) < 4.78 is 1.97. The number of aromatic nitrogens is 2. The Balaban J connectivity index is 1.46. The molecule has 0 aliphatic carbocycles. The third kappa shape index (κ3) is 5.40. The largest absolute Gasteiger partial charge is 0.368 e. The zero-order valence-electron chi connectivity index (χ0n) is 18.5. The van der Waals surface area contributed by atoms with Crippen LogP contribution in [0.15, 0.2) is 30.3 Å². The van der Waals surface area contributed by atoms with Crippen molar-refractivity contribution >= 4 is 17.5 Å². The van der Waals surface area contributed by atoms with Crippen molar-refractivity contribution in [1.82, 2.24) is 20.0 Å². The first-order chi connectivity index (χ1) is 14.3. The number of aryl methyl sites for hydroxylation is 1. The Bertz CT molecular complexity index is 867. The van der Waals surface area contributed by atoms with Gasteiger partial charge in [0.2, 0.25) is 11.8 Å². The van der Waals surface area contributed by atoms with Crippen LogP contribution in [0, 0.1) is 19.8 Å². The fraction of sp³-hybridized carbons (Fsp3) is 0.522. The summed E-state index contributed by atoms with van der Waals surface area (Å²) in [4.78, 5) is 29.1. The van der Waals surface area contributed by atoms with Crippen LogP contribution in [0.1, 0.15) is 30.8 Å². The van der Waals surface area contributed by atoms with Crippen molar-refractivity contribution in [3.05, 3.63) is 47.3 Å². The number of hydrogen-bond donors (Lipinski definition) is 1. The fourth-order valence-electron chi connectivity index (χ4n) is 3.88. The van der Waals surface area contributed by atoms with Crippen LogP contribution in [0.25, 0.3) is 0 Å². The first-order valence-electron chi connectivity index (χ1n) is 10.7. The number of piperazine rings is 1. The molecule has 0 spiro atoms. The smallest absolute Gasteiger partial charge is 0.242 e. The molecule has 0 radical (unpaired) electrons. The van der Waals surface area contributed by atoms with Gasteiger partial charge in [-0.15, -0.1) is 0 Å². The number of nitrogens with one attached hydrogen (secondary N) is 1. The van der Waals surface area contributed by atoms with Gasteiger partial charge in [0, 0.05) is 49.7 Å². The van der Waals surface area contributed by atoms with Gasteiger partial charge in [-0.1, -0.05) is 32.0 Å². The van der Waals surface area contributed by atoms with Crippen LogP contribution in [0.4, 0.5) is 5.69 Å². The molecule has 3 rings (SSSR count). The zero-order valence-corrected chi connectivity index (χ0v) is 18.5. The molecular weight excluding hydrogens is 378 g/mol. The topological polar surface area (TPSA) is 70.5 Å². The van der Waals surface area contributed by atoms with Gasteiger partial charge < -0.3 is 15.1 Å². The fourth-order valence-corrected chi connectivity index (χ4v) is 3.88. The molecule has 0 bridgehead atoms. The second-order valence-corrected chi connectivity index (χ2v) is 8.38. The number of para-hydroxylation sites is 1. The predicted molar refractivity (Wildman–Crippen MR) is 118 cm³/mol. The molecule has 2 aromatic rings. The lowest BCUT2D eigenvalue weighted by Gasteiger charge is -2.36. The minimum absolute atomic E-state index is 0.0278. The molecule has 0 unspecified atom stereocenters. The van der Waals surface area contributed by atoms with Crippen molar-refractivity contribution in [2.24, 2.45) is 5.92 Å². The van der Waals surface area contributed by atoms with Gasteiger partial charge in [-0.25, -0.2) is 0 Å². The molecule has 0 saturated carbocycles. The Morgan fingerprint density at radius 1 is 1.07 bits per heavy atom. The van der Waals surface area contributed by atoms with Crippen LogP contribution < -0.4 is 10.2 Å². The Morgan fingerprint density at radius 2 is 1.73 bits per heavy atom. The van der Waals surface area contributed by atoms with E-state index >= 15 is 0 Å². The standard InChI is InChI=1S/C23H33N5O2/c1-17(2)16-28-19(4)21(18(3)25-28)14-22(29)24-15-23(30)27-12-10-26(11-13-27)20-8-6-5-7-9-20/h5-9,17H,10-16H2,1-4H3,(H,24,29). The molecule has 0 atom stereocenters. The minimum atomic E-state index is -0.137. The molecule has 1 aromatic heterocycles. The molecule has 30 heavy (non-hydrogen) atoms. The molecule has 2 amide bonds. The van der Waals surface area contributed by atoms with Gasteiger partial charge in [0.25, 0.3) is 0 Å². The summed E-state index contributed by atoms with van der Waals surface area (Å²) in [5.41, 5.74) is 4.05. The third-order valence-corrected chi connectivity index (χ3v) is 5.60. The second kappa shape index (κ2) is 9.78. The van der Waals surface area contributed by atoms with Crippen molar-refractivity contribution in [2.45, 2.75) is 40.7 Å². The molecule has 1 aliphatic heterocycles. The SMILES string of the molecule is Cc1nn(CC(C)C)c(C)c1CC(=O)NCC(=O)N1CCN(c2ccccc2)CC1. The van der Waals surface area contributed by atoms with Crippen molar-refractivity contribution in [2.75, 3.05) is 37.6 Å². The summed E-state index contributed by atoms with van der Waals surface area (Å²) in [7, 11) is 0. The van der Waals surface area contributed by atoms with Crippen LogP contribution in [-0.2, 0) is 22.6 Å². The van der Waals surface area contributed by atoms with E-state index in [1.807, 2.05) is 41.6 Å². The molecule has 7 heteroatoms. The lowest BCUT2D eigenvalue weighted by molar-refractivity contribution is -0.133. The van der Waals surface area contributed by atoms with Gasteiger partial charge in [-0.05, 0) is 31.9 Å². The molecule has 1 aromatic carbocycles. The van der Waals surface area contributed by atoms with E-state index in [-0.39, 0.29) is 24.8 Å². The van der Waals surface area contributed by atoms with Crippen molar-refractivity contribution in [3.8, 4) is 0 Å². The van der Waals surface area contributed by atoms with Crippen LogP contribution in [0.5, 0.6) is 0 Å². The van der Waals surface area contributed by atoms with E-state index < -0.39 is 0 Å². The molecule has 7 nitrogen and oxygen atoms in total. The third-order valence-electron chi connectivity index (χ3n) is 5.60. The number of hydrogen-bond acceptors (Lipinski definition) is 4. The van der Waals surface area contributed by atoms with E-state index in [9.17, 15) is 9.59 Å². The van der Waals surface area contributed by atoms with E-state index in [0.29, 0.717) is 19.0 Å². The summed E-state index contributed by atoms with van der Waals surface area (Å²) >= 11 is 0. The number of benzene rings is 1. The van der Waals surface area contributed by atoms with Crippen LogP contribution in [-0.4, -0.2) is 59.2 Å². The van der Waals surface area contributed by atoms with Gasteiger partial charge in [-0.3, -0.25) is 14.3 Å². The van der Waals surface area contributed by atoms with Crippen molar-refractivity contribution in [1.29, 1.82) is 0 Å². The monoisotopic (exact) mass is 411 g/mol. The molecule has 162 valence electrons. The summed E-state index contributed by atoms with van der Waals surface area (Å²) in [6.45, 7) is 12.1. The molecule has 2 heterocycles. The van der Waals surface area contributed by atoms with Gasteiger partial charge in [-0.2, -0.15) is 5.10 Å². The Morgan fingerprint density at radius 3 is 2.37 bits per heavy atom. The zero-order chi connectivity index (χ0) is 21.7. The molecule has 1 aliphatic rings. The Hall–Kier alpha value is -2.83. The highest BCUT2D eigenvalue weighted by Gasteiger charge is 2.22. The van der Waals surface area contributed by atoms with E-state index in [0.717, 1.165) is 36.6 Å². The number of carbonyl (C=O) groups is 2. The molecule has 1 N–H and O–H groups in total. The maximum absolute atomic E-state index is 12.5. The van der Waals surface area contributed by atoms with Crippen molar-refractivity contribution in [3.63, 3.8) is 0 Å². The minimum Gasteiger partial charge on any atom is -0.368 e. The number of nitrogens with zero attached hydrogens (tertiary/aromatic N) is 4. The van der Waals surface area contributed by atoms with Crippen LogP contribution in [0.3, 0.4) is 0 Å². The molecule has 1 fully saturated rings. The normalized spacial score (nSPS) is 14.3. The summed E-state index contributed by atoms with van der Waals surface area (Å²) in [6.07, 6.45) is 0.255. The number of carbonyl (C=O) groups excluding carboxylic acids is 2. The first kappa shape index (κ1) is 21.9. The second-order valence-electron chi connectivity index (χ2n) is 8.38. The van der Waals surface area contributed by atoms with Crippen LogP contribution in [0.2, 0.25) is 0 Å². The van der Waals surface area contributed by atoms with E-state index in [1.54, 1.807) is 0 Å². The maximum Gasteiger partial charge on any atom is 0.242 e. The highest BCUT2D eigenvalue weighted by molar-refractivity contribution is 5.86. The molecule has 1 saturated heterocycles. The maximum atomic E-state index is 12.5. The number of amides is 2. The van der Waals surface area contributed by atoms with Gasteiger partial charge in [0.15, 0.2) is 0 Å². The number of rotatable bonds is 7. The lowest BCUT2D eigenvalue weighted by Crippen LogP contribution is -2.51.